The zero-order valence-electron chi connectivity index (χ0n) is 17.6. The van der Waals surface area contributed by atoms with E-state index < -0.39 is 0 Å². The topological polar surface area (TPSA) is 55.8 Å². The van der Waals surface area contributed by atoms with E-state index in [9.17, 15) is 9.59 Å². The van der Waals surface area contributed by atoms with Crippen LogP contribution in [0.1, 0.15) is 16.7 Å². The Hall–Kier alpha value is -2.30. The highest BCUT2D eigenvalue weighted by Crippen LogP contribution is 2.35. The molecule has 8 heteroatoms. The lowest BCUT2D eigenvalue weighted by Crippen LogP contribution is -2.27. The molecule has 168 valence electrons. The number of amides is 2. The van der Waals surface area contributed by atoms with E-state index in [-0.39, 0.29) is 17.7 Å². The summed E-state index contributed by atoms with van der Waals surface area (Å²) in [4.78, 5) is 26.9. The first-order valence-corrected chi connectivity index (χ1v) is 12.7. The van der Waals surface area contributed by atoms with Gasteiger partial charge in [-0.3, -0.25) is 14.5 Å². The number of hydrogen-bond donors (Lipinski definition) is 0. The van der Waals surface area contributed by atoms with E-state index in [0.29, 0.717) is 23.0 Å². The predicted octanol–water partition coefficient (Wildman–Crippen LogP) is 6.88. The molecule has 2 amide bonds. The fraction of sp³-hybridized carbons (Fsp3) is 0.120. The summed E-state index contributed by atoms with van der Waals surface area (Å²) in [5, 5.41) is -0.279. The van der Waals surface area contributed by atoms with E-state index >= 15 is 0 Å². The van der Waals surface area contributed by atoms with E-state index in [1.807, 2.05) is 60.7 Å². The Labute approximate surface area is 218 Å². The molecule has 0 aliphatic carbocycles. The van der Waals surface area contributed by atoms with Crippen molar-refractivity contribution in [3.8, 4) is 11.5 Å². The van der Waals surface area contributed by atoms with Gasteiger partial charge in [0.15, 0.2) is 11.5 Å². The number of carbonyl (C=O) groups excluding carboxylic acids is 2. The number of ether oxygens (including phenoxy) is 2. The maximum absolute atomic E-state index is 12.8. The minimum Gasteiger partial charge on any atom is -0.493 e. The molecule has 0 N–H and O–H groups in total. The van der Waals surface area contributed by atoms with Crippen LogP contribution in [0.15, 0.2) is 76.1 Å². The van der Waals surface area contributed by atoms with Crippen LogP contribution in [0.25, 0.3) is 6.08 Å². The highest BCUT2D eigenvalue weighted by Gasteiger charge is 2.35. The minimum atomic E-state index is -0.300. The van der Waals surface area contributed by atoms with Gasteiger partial charge in [-0.15, -0.1) is 0 Å². The van der Waals surface area contributed by atoms with Crippen molar-refractivity contribution >= 4 is 67.5 Å². The van der Waals surface area contributed by atoms with Crippen LogP contribution in [0.2, 0.25) is 0 Å². The van der Waals surface area contributed by atoms with Crippen molar-refractivity contribution in [1.29, 1.82) is 0 Å². The molecule has 0 saturated carbocycles. The van der Waals surface area contributed by atoms with Crippen molar-refractivity contribution < 1.29 is 19.1 Å². The smallest absolute Gasteiger partial charge is 0.293 e. The Morgan fingerprint density at radius 1 is 0.970 bits per heavy atom. The van der Waals surface area contributed by atoms with Crippen LogP contribution in [-0.4, -0.2) is 23.2 Å². The van der Waals surface area contributed by atoms with Gasteiger partial charge >= 0.3 is 0 Å². The lowest BCUT2D eigenvalue weighted by Gasteiger charge is -2.12. The Morgan fingerprint density at radius 2 is 1.67 bits per heavy atom. The molecule has 3 aromatic rings. The third kappa shape index (κ3) is 5.99. The predicted molar refractivity (Wildman–Crippen MR) is 142 cm³/mol. The van der Waals surface area contributed by atoms with Crippen LogP contribution in [-0.2, 0) is 17.9 Å². The molecule has 4 rings (SSSR count). The fourth-order valence-corrected chi connectivity index (χ4v) is 4.66. The van der Waals surface area contributed by atoms with Gasteiger partial charge in [0.05, 0.1) is 18.6 Å². The van der Waals surface area contributed by atoms with Crippen molar-refractivity contribution in [3.63, 3.8) is 0 Å². The van der Waals surface area contributed by atoms with Crippen LogP contribution in [0, 0.1) is 3.57 Å². The van der Waals surface area contributed by atoms with Gasteiger partial charge in [0.2, 0.25) is 0 Å². The van der Waals surface area contributed by atoms with Crippen LogP contribution < -0.4 is 9.47 Å². The number of carbonyl (C=O) groups is 2. The second kappa shape index (κ2) is 10.8. The van der Waals surface area contributed by atoms with Gasteiger partial charge < -0.3 is 9.47 Å². The Morgan fingerprint density at radius 3 is 2.36 bits per heavy atom. The summed E-state index contributed by atoms with van der Waals surface area (Å²) < 4.78 is 13.5. The van der Waals surface area contributed by atoms with E-state index in [1.165, 1.54) is 8.47 Å². The van der Waals surface area contributed by atoms with Gasteiger partial charge in [-0.25, -0.2) is 0 Å². The molecule has 1 saturated heterocycles. The maximum atomic E-state index is 12.8. The molecule has 1 fully saturated rings. The normalized spacial score (nSPS) is 14.8. The summed E-state index contributed by atoms with van der Waals surface area (Å²) in [5.41, 5.74) is 2.70. The average Bonchev–Trinajstić information content (AvgIpc) is 3.07. The summed E-state index contributed by atoms with van der Waals surface area (Å²) in [7, 11) is 1.57. The number of halogens is 2. The molecule has 0 spiro atoms. The first-order valence-electron chi connectivity index (χ1n) is 9.98. The molecular formula is C25H19BrINO4S. The number of benzene rings is 3. The van der Waals surface area contributed by atoms with Gasteiger partial charge in [0.25, 0.3) is 11.1 Å². The summed E-state index contributed by atoms with van der Waals surface area (Å²) >= 11 is 6.60. The molecule has 0 atom stereocenters. The number of thioether (sulfide) groups is 1. The molecule has 0 bridgehead atoms. The molecule has 0 unspecified atom stereocenters. The molecule has 33 heavy (non-hydrogen) atoms. The van der Waals surface area contributed by atoms with Gasteiger partial charge in [-0.1, -0.05) is 46.3 Å². The van der Waals surface area contributed by atoms with Crippen LogP contribution in [0.5, 0.6) is 11.5 Å². The average molecular weight is 636 g/mol. The zero-order valence-corrected chi connectivity index (χ0v) is 22.1. The van der Waals surface area contributed by atoms with E-state index in [2.05, 4.69) is 38.5 Å². The first kappa shape index (κ1) is 23.8. The fourth-order valence-electron chi connectivity index (χ4n) is 3.19. The quantitative estimate of drug-likeness (QED) is 0.209. The lowest BCUT2D eigenvalue weighted by atomic mass is 10.1. The number of rotatable bonds is 7. The van der Waals surface area contributed by atoms with Crippen molar-refractivity contribution in [2.45, 2.75) is 13.2 Å². The number of imide groups is 1. The Kier molecular flexibility index (Phi) is 7.77. The van der Waals surface area contributed by atoms with Gasteiger partial charge in [0.1, 0.15) is 6.61 Å². The monoisotopic (exact) mass is 635 g/mol. The standard InChI is InChI=1S/C25H19BrINO4S/c1-31-22-12-18(6-11-21(22)32-15-17-4-9-20(27)10-5-17)13-23-24(29)28(25(30)33-23)14-16-2-7-19(26)8-3-16/h2-13H,14-15H2,1H3/b23-13-. The molecule has 1 aliphatic rings. The summed E-state index contributed by atoms with van der Waals surface area (Å²) in [6.45, 7) is 0.658. The van der Waals surface area contributed by atoms with Crippen molar-refractivity contribution in [3.05, 3.63) is 96.4 Å². The molecule has 0 radical (unpaired) electrons. The van der Waals surface area contributed by atoms with Crippen LogP contribution in [0.4, 0.5) is 4.79 Å². The van der Waals surface area contributed by atoms with E-state index in [1.54, 1.807) is 19.3 Å². The molecule has 3 aromatic carbocycles. The maximum Gasteiger partial charge on any atom is 0.293 e. The zero-order chi connectivity index (χ0) is 23.4. The van der Waals surface area contributed by atoms with Crippen molar-refractivity contribution in [1.82, 2.24) is 4.90 Å². The van der Waals surface area contributed by atoms with Crippen molar-refractivity contribution in [2.24, 2.45) is 0 Å². The van der Waals surface area contributed by atoms with Gasteiger partial charge in [0, 0.05) is 8.04 Å². The van der Waals surface area contributed by atoms with Crippen LogP contribution >= 0.6 is 50.3 Å². The van der Waals surface area contributed by atoms with E-state index in [0.717, 1.165) is 32.9 Å². The summed E-state index contributed by atoms with van der Waals surface area (Å²) in [6.07, 6.45) is 1.71. The Bertz CT molecular complexity index is 1210. The molecular weight excluding hydrogens is 617 g/mol. The van der Waals surface area contributed by atoms with Gasteiger partial charge in [-0.05, 0) is 93.5 Å². The first-order chi connectivity index (χ1) is 15.9. The van der Waals surface area contributed by atoms with Crippen LogP contribution in [0.3, 0.4) is 0 Å². The lowest BCUT2D eigenvalue weighted by molar-refractivity contribution is -0.123. The highest BCUT2D eigenvalue weighted by atomic mass is 127. The van der Waals surface area contributed by atoms with Gasteiger partial charge in [-0.2, -0.15) is 0 Å². The highest BCUT2D eigenvalue weighted by molar-refractivity contribution is 14.1. The third-order valence-electron chi connectivity index (χ3n) is 4.92. The van der Waals surface area contributed by atoms with E-state index in [4.69, 9.17) is 9.47 Å². The largest absolute Gasteiger partial charge is 0.493 e. The molecule has 1 heterocycles. The third-order valence-corrected chi connectivity index (χ3v) is 7.08. The van der Waals surface area contributed by atoms with Crippen molar-refractivity contribution in [2.75, 3.05) is 7.11 Å². The summed E-state index contributed by atoms with van der Waals surface area (Å²) in [5.74, 6) is 0.866. The SMILES string of the molecule is COc1cc(/C=C2\SC(=O)N(Cc3ccc(Br)cc3)C2=O)ccc1OCc1ccc(I)cc1. The molecule has 0 aromatic heterocycles. The minimum absolute atomic E-state index is 0.240. The Balaban J connectivity index is 1.47. The second-order valence-electron chi connectivity index (χ2n) is 7.22. The summed E-state index contributed by atoms with van der Waals surface area (Å²) in [6, 6.07) is 21.1. The number of methoxy groups -OCH3 is 1. The molecule has 1 aliphatic heterocycles. The molecule has 5 nitrogen and oxygen atoms in total. The second-order valence-corrected chi connectivity index (χ2v) is 10.4. The number of hydrogen-bond acceptors (Lipinski definition) is 5. The number of nitrogens with zero attached hydrogens (tertiary/aromatic N) is 1.